The summed E-state index contributed by atoms with van der Waals surface area (Å²) >= 11 is 0. The second-order valence-electron chi connectivity index (χ2n) is 9.10. The van der Waals surface area contributed by atoms with Gasteiger partial charge in [0.2, 0.25) is 5.91 Å². The first kappa shape index (κ1) is 26.5. The van der Waals surface area contributed by atoms with Crippen LogP contribution in [0.5, 0.6) is 0 Å². The van der Waals surface area contributed by atoms with E-state index >= 15 is 0 Å². The van der Waals surface area contributed by atoms with Gasteiger partial charge in [0.15, 0.2) is 0 Å². The zero-order valence-corrected chi connectivity index (χ0v) is 20.6. The van der Waals surface area contributed by atoms with Crippen LogP contribution in [0, 0.1) is 11.6 Å². The Labute approximate surface area is 208 Å². The lowest BCUT2D eigenvalue weighted by atomic mass is 10.0. The number of hydrogen-bond acceptors (Lipinski definition) is 4. The van der Waals surface area contributed by atoms with Gasteiger partial charge in [-0.25, -0.2) is 8.78 Å². The second-order valence-corrected chi connectivity index (χ2v) is 9.10. The molecular formula is C28H28F2N2O4. The smallest absolute Gasteiger partial charge is 0.326 e. The topological polar surface area (TPSA) is 75.7 Å². The van der Waals surface area contributed by atoms with Crippen LogP contribution >= 0.6 is 0 Å². The Morgan fingerprint density at radius 3 is 2.08 bits per heavy atom. The molecule has 3 aromatic rings. The van der Waals surface area contributed by atoms with Gasteiger partial charge in [-0.3, -0.25) is 19.3 Å². The maximum Gasteiger partial charge on any atom is 0.326 e. The van der Waals surface area contributed by atoms with Crippen molar-refractivity contribution in [2.24, 2.45) is 0 Å². The summed E-state index contributed by atoms with van der Waals surface area (Å²) in [6.07, 6.45) is 0.355. The number of benzene rings is 3. The Morgan fingerprint density at radius 1 is 0.889 bits per heavy atom. The summed E-state index contributed by atoms with van der Waals surface area (Å²) in [6, 6.07) is 16.9. The molecule has 0 bridgehead atoms. The largest absolute Gasteiger partial charge is 0.459 e. The van der Waals surface area contributed by atoms with Gasteiger partial charge < -0.3 is 10.1 Å². The molecule has 188 valence electrons. The van der Waals surface area contributed by atoms with Crippen LogP contribution < -0.4 is 10.2 Å². The molecule has 6 nitrogen and oxygen atoms in total. The molecule has 0 radical (unpaired) electrons. The van der Waals surface area contributed by atoms with E-state index in [1.54, 1.807) is 76.2 Å². The van der Waals surface area contributed by atoms with Crippen molar-refractivity contribution in [2.75, 3.05) is 16.8 Å². The molecule has 0 saturated heterocycles. The van der Waals surface area contributed by atoms with Crippen molar-refractivity contribution < 1.29 is 27.9 Å². The van der Waals surface area contributed by atoms with Crippen molar-refractivity contribution in [1.29, 1.82) is 0 Å². The number of halogens is 2. The van der Waals surface area contributed by atoms with E-state index in [1.807, 2.05) is 0 Å². The third kappa shape index (κ3) is 6.75. The summed E-state index contributed by atoms with van der Waals surface area (Å²) in [5.74, 6) is -3.91. The van der Waals surface area contributed by atoms with Gasteiger partial charge in [-0.1, -0.05) is 37.3 Å². The van der Waals surface area contributed by atoms with E-state index in [0.29, 0.717) is 17.7 Å². The highest BCUT2D eigenvalue weighted by Crippen LogP contribution is 2.28. The number of nitrogens with one attached hydrogen (secondary N) is 1. The van der Waals surface area contributed by atoms with Crippen LogP contribution in [0.15, 0.2) is 66.7 Å². The van der Waals surface area contributed by atoms with E-state index in [9.17, 15) is 23.2 Å². The van der Waals surface area contributed by atoms with E-state index < -0.39 is 41.2 Å². The van der Waals surface area contributed by atoms with Gasteiger partial charge in [0.25, 0.3) is 5.91 Å². The second kappa shape index (κ2) is 11.1. The summed E-state index contributed by atoms with van der Waals surface area (Å²) in [6.45, 7) is 6.25. The van der Waals surface area contributed by atoms with Gasteiger partial charge in [-0.2, -0.15) is 0 Å². The van der Waals surface area contributed by atoms with Crippen molar-refractivity contribution in [2.45, 2.75) is 39.7 Å². The maximum atomic E-state index is 14.5. The van der Waals surface area contributed by atoms with Crippen molar-refractivity contribution >= 4 is 29.2 Å². The number of amides is 2. The standard InChI is InChI=1S/C28H28F2N2O4/c1-5-24(33)31-20-14-12-18(13-15-20)19-8-6-9-21(16-19)32(17-25(34)36-28(2,3)4)27(35)26-22(29)10-7-11-23(26)30/h6-16H,5,17H2,1-4H3,(H,31,33). The van der Waals surface area contributed by atoms with Gasteiger partial charge in [0.05, 0.1) is 0 Å². The summed E-state index contributed by atoms with van der Waals surface area (Å²) < 4.78 is 34.3. The van der Waals surface area contributed by atoms with E-state index in [1.165, 1.54) is 0 Å². The summed E-state index contributed by atoms with van der Waals surface area (Å²) in [5, 5.41) is 2.77. The van der Waals surface area contributed by atoms with Crippen LogP contribution in [0.2, 0.25) is 0 Å². The maximum absolute atomic E-state index is 14.5. The highest BCUT2D eigenvalue weighted by Gasteiger charge is 2.28. The number of carbonyl (C=O) groups excluding carboxylic acids is 3. The van der Waals surface area contributed by atoms with Crippen molar-refractivity contribution in [1.82, 2.24) is 0 Å². The Morgan fingerprint density at radius 2 is 1.50 bits per heavy atom. The molecule has 0 aliphatic heterocycles. The fourth-order valence-electron chi connectivity index (χ4n) is 3.47. The van der Waals surface area contributed by atoms with Crippen molar-refractivity contribution in [3.8, 4) is 11.1 Å². The summed E-state index contributed by atoms with van der Waals surface area (Å²) in [4.78, 5) is 38.5. The zero-order chi connectivity index (χ0) is 26.5. The van der Waals surface area contributed by atoms with Crippen LogP contribution in [-0.2, 0) is 14.3 Å². The molecule has 0 atom stereocenters. The van der Waals surface area contributed by atoms with Crippen molar-refractivity contribution in [3.05, 3.63) is 83.9 Å². The van der Waals surface area contributed by atoms with Crippen LogP contribution in [-0.4, -0.2) is 29.9 Å². The normalized spacial score (nSPS) is 11.1. The molecule has 36 heavy (non-hydrogen) atoms. The Kier molecular flexibility index (Phi) is 8.19. The predicted molar refractivity (Wildman–Crippen MR) is 135 cm³/mol. The SMILES string of the molecule is CCC(=O)Nc1ccc(-c2cccc(N(CC(=O)OC(C)(C)C)C(=O)c3c(F)cccc3F)c2)cc1. The third-order valence-corrected chi connectivity index (χ3v) is 5.11. The van der Waals surface area contributed by atoms with Gasteiger partial charge >= 0.3 is 5.97 Å². The fraction of sp³-hybridized carbons (Fsp3) is 0.250. The number of hydrogen-bond donors (Lipinski definition) is 1. The molecule has 0 saturated carbocycles. The van der Waals surface area contributed by atoms with Crippen LogP contribution in [0.4, 0.5) is 20.2 Å². The highest BCUT2D eigenvalue weighted by molar-refractivity contribution is 6.09. The third-order valence-electron chi connectivity index (χ3n) is 5.11. The molecule has 0 heterocycles. The zero-order valence-electron chi connectivity index (χ0n) is 20.6. The Balaban J connectivity index is 1.98. The molecule has 2 amide bonds. The van der Waals surface area contributed by atoms with E-state index in [4.69, 9.17) is 4.74 Å². The lowest BCUT2D eigenvalue weighted by Crippen LogP contribution is -2.39. The molecule has 0 aliphatic rings. The first-order valence-electron chi connectivity index (χ1n) is 11.5. The van der Waals surface area contributed by atoms with Gasteiger partial charge in [-0.15, -0.1) is 0 Å². The van der Waals surface area contributed by atoms with Gasteiger partial charge in [0, 0.05) is 17.8 Å². The fourth-order valence-corrected chi connectivity index (χ4v) is 3.47. The minimum atomic E-state index is -1.03. The lowest BCUT2D eigenvalue weighted by Gasteiger charge is -2.26. The van der Waals surface area contributed by atoms with Crippen LogP contribution in [0.25, 0.3) is 11.1 Å². The van der Waals surface area contributed by atoms with Crippen LogP contribution in [0.1, 0.15) is 44.5 Å². The first-order valence-corrected chi connectivity index (χ1v) is 11.5. The molecule has 0 aliphatic carbocycles. The van der Waals surface area contributed by atoms with E-state index in [2.05, 4.69) is 5.32 Å². The first-order chi connectivity index (χ1) is 17.0. The predicted octanol–water partition coefficient (Wildman–Crippen LogP) is 5.97. The quantitative estimate of drug-likeness (QED) is 0.411. The van der Waals surface area contributed by atoms with Crippen molar-refractivity contribution in [3.63, 3.8) is 0 Å². The molecule has 0 spiro atoms. The number of nitrogens with zero attached hydrogens (tertiary/aromatic N) is 1. The molecule has 0 fully saturated rings. The molecule has 1 N–H and O–H groups in total. The molecule has 8 heteroatoms. The van der Waals surface area contributed by atoms with Gasteiger partial charge in [0.1, 0.15) is 29.3 Å². The summed E-state index contributed by atoms with van der Waals surface area (Å²) in [7, 11) is 0. The monoisotopic (exact) mass is 494 g/mol. The van der Waals surface area contributed by atoms with E-state index in [-0.39, 0.29) is 11.6 Å². The highest BCUT2D eigenvalue weighted by atomic mass is 19.1. The molecule has 0 aromatic heterocycles. The molecular weight excluding hydrogens is 466 g/mol. The minimum absolute atomic E-state index is 0.110. The molecule has 3 aromatic carbocycles. The minimum Gasteiger partial charge on any atom is -0.459 e. The summed E-state index contributed by atoms with van der Waals surface area (Å²) in [5.41, 5.74) is 0.784. The number of carbonyl (C=O) groups is 3. The molecule has 3 rings (SSSR count). The average molecular weight is 495 g/mol. The van der Waals surface area contributed by atoms with Crippen LogP contribution in [0.3, 0.4) is 0 Å². The molecule has 0 unspecified atom stereocenters. The number of anilines is 2. The Bertz CT molecular complexity index is 1250. The lowest BCUT2D eigenvalue weighted by molar-refractivity contribution is -0.152. The van der Waals surface area contributed by atoms with E-state index in [0.717, 1.165) is 28.7 Å². The number of rotatable bonds is 7. The average Bonchev–Trinajstić information content (AvgIpc) is 2.81. The number of esters is 1. The Hall–Kier alpha value is -4.07. The van der Waals surface area contributed by atoms with Gasteiger partial charge in [-0.05, 0) is 68.3 Å². The number of ether oxygens (including phenoxy) is 1.